The Morgan fingerprint density at radius 3 is 2.37 bits per heavy atom. The van der Waals surface area contributed by atoms with Crippen molar-refractivity contribution in [3.8, 4) is 0 Å². The molecule has 5 heteroatoms. The molecule has 138 valence electrons. The fourth-order valence-electron chi connectivity index (χ4n) is 2.91. The van der Waals surface area contributed by atoms with Gasteiger partial charge in [-0.1, -0.05) is 55.5 Å². The van der Waals surface area contributed by atoms with Gasteiger partial charge in [-0.15, -0.1) is 0 Å². The van der Waals surface area contributed by atoms with Crippen LogP contribution in [-0.2, 0) is 11.2 Å². The number of benzene rings is 3. The molecule has 3 aromatic rings. The molecule has 0 saturated carbocycles. The van der Waals surface area contributed by atoms with Gasteiger partial charge in [0.25, 0.3) is 0 Å². The Kier molecular flexibility index (Phi) is 5.71. The molecule has 3 rings (SSSR count). The Hall–Kier alpha value is -3.34. The molecule has 0 aliphatic rings. The summed E-state index contributed by atoms with van der Waals surface area (Å²) in [7, 11) is 1.60. The van der Waals surface area contributed by atoms with Crippen LogP contribution in [0.3, 0.4) is 0 Å². The maximum Gasteiger partial charge on any atom is 0.322 e. The van der Waals surface area contributed by atoms with Gasteiger partial charge >= 0.3 is 6.03 Å². The topological polar surface area (TPSA) is 61.4 Å². The fraction of sp³-hybridized carbons (Fsp3) is 0.182. The van der Waals surface area contributed by atoms with Crippen molar-refractivity contribution in [3.05, 3.63) is 72.3 Å². The molecule has 0 saturated heterocycles. The molecule has 0 unspecified atom stereocenters. The van der Waals surface area contributed by atoms with Crippen LogP contribution >= 0.6 is 0 Å². The zero-order valence-corrected chi connectivity index (χ0v) is 15.5. The van der Waals surface area contributed by atoms with Crippen LogP contribution < -0.4 is 10.6 Å². The lowest BCUT2D eigenvalue weighted by Crippen LogP contribution is -2.37. The first kappa shape index (κ1) is 18.5. The molecular formula is C22H23N3O2. The third-order valence-electron chi connectivity index (χ3n) is 4.40. The van der Waals surface area contributed by atoms with Crippen LogP contribution in [0.2, 0.25) is 0 Å². The molecule has 0 aromatic heterocycles. The van der Waals surface area contributed by atoms with E-state index in [2.05, 4.69) is 10.6 Å². The number of urea groups is 1. The minimum absolute atomic E-state index is 0.0303. The van der Waals surface area contributed by atoms with Gasteiger partial charge in [0, 0.05) is 18.4 Å². The van der Waals surface area contributed by atoms with Crippen LogP contribution in [0.1, 0.15) is 12.5 Å². The number of hydrogen-bond donors (Lipinski definition) is 2. The number of carbonyl (C=O) groups excluding carboxylic acids is 2. The van der Waals surface area contributed by atoms with E-state index in [0.29, 0.717) is 5.69 Å². The Morgan fingerprint density at radius 1 is 0.889 bits per heavy atom. The molecular weight excluding hydrogens is 338 g/mol. The van der Waals surface area contributed by atoms with Crippen LogP contribution in [0.5, 0.6) is 0 Å². The van der Waals surface area contributed by atoms with E-state index < -0.39 is 0 Å². The predicted molar refractivity (Wildman–Crippen MR) is 110 cm³/mol. The minimum Gasteiger partial charge on any atom is -0.324 e. The van der Waals surface area contributed by atoms with Crippen LogP contribution in [0, 0.1) is 0 Å². The molecule has 0 fully saturated rings. The molecule has 2 N–H and O–H groups in total. The zero-order chi connectivity index (χ0) is 19.2. The van der Waals surface area contributed by atoms with Crippen molar-refractivity contribution in [2.45, 2.75) is 13.3 Å². The summed E-state index contributed by atoms with van der Waals surface area (Å²) in [6, 6.07) is 21.0. The SMILES string of the molecule is CCc1ccccc1NC(=O)CN(C)C(=O)Nc1ccc2ccccc2c1. The highest BCUT2D eigenvalue weighted by atomic mass is 16.2. The van der Waals surface area contributed by atoms with E-state index in [1.165, 1.54) is 4.90 Å². The van der Waals surface area contributed by atoms with Gasteiger partial charge in [-0.25, -0.2) is 4.79 Å². The second kappa shape index (κ2) is 8.36. The Morgan fingerprint density at radius 2 is 1.59 bits per heavy atom. The highest BCUT2D eigenvalue weighted by Gasteiger charge is 2.14. The molecule has 5 nitrogen and oxygen atoms in total. The Labute approximate surface area is 159 Å². The van der Waals surface area contributed by atoms with Crippen molar-refractivity contribution in [1.29, 1.82) is 0 Å². The van der Waals surface area contributed by atoms with Gasteiger partial charge in [-0.05, 0) is 41.0 Å². The number of likely N-dealkylation sites (N-methyl/N-ethyl adjacent to an activating group) is 1. The van der Waals surface area contributed by atoms with Gasteiger partial charge < -0.3 is 15.5 Å². The van der Waals surface area contributed by atoms with Crippen LogP contribution in [0.15, 0.2) is 66.7 Å². The largest absolute Gasteiger partial charge is 0.324 e. The summed E-state index contributed by atoms with van der Waals surface area (Å²) < 4.78 is 0. The van der Waals surface area contributed by atoms with E-state index in [0.717, 1.165) is 28.4 Å². The number of para-hydroxylation sites is 1. The maximum absolute atomic E-state index is 12.4. The monoisotopic (exact) mass is 361 g/mol. The zero-order valence-electron chi connectivity index (χ0n) is 15.5. The summed E-state index contributed by atoms with van der Waals surface area (Å²) in [6.07, 6.45) is 0.828. The van der Waals surface area contributed by atoms with Gasteiger partial charge in [0.05, 0.1) is 0 Å². The number of fused-ring (bicyclic) bond motifs is 1. The predicted octanol–water partition coefficient (Wildman–Crippen LogP) is 4.50. The number of carbonyl (C=O) groups is 2. The van der Waals surface area contributed by atoms with Crippen molar-refractivity contribution < 1.29 is 9.59 Å². The molecule has 0 aliphatic carbocycles. The molecule has 0 radical (unpaired) electrons. The fourth-order valence-corrected chi connectivity index (χ4v) is 2.91. The van der Waals surface area contributed by atoms with Crippen LogP contribution in [0.4, 0.5) is 16.2 Å². The normalized spacial score (nSPS) is 10.4. The standard InChI is InChI=1S/C22H23N3O2/c1-3-16-8-6-7-11-20(16)24-21(26)15-25(2)22(27)23-19-13-12-17-9-4-5-10-18(17)14-19/h4-14H,3,15H2,1-2H3,(H,23,27)(H,24,26). The van der Waals surface area contributed by atoms with Crippen molar-refractivity contribution >= 4 is 34.1 Å². The summed E-state index contributed by atoms with van der Waals surface area (Å²) in [6.45, 7) is 2.01. The summed E-state index contributed by atoms with van der Waals surface area (Å²) in [5.41, 5.74) is 2.55. The third kappa shape index (κ3) is 4.64. The lowest BCUT2D eigenvalue weighted by atomic mass is 10.1. The molecule has 0 atom stereocenters. The Balaban J connectivity index is 1.60. The minimum atomic E-state index is -0.329. The van der Waals surface area contributed by atoms with E-state index in [1.54, 1.807) is 7.05 Å². The summed E-state index contributed by atoms with van der Waals surface area (Å²) in [5, 5.41) is 7.86. The number of nitrogens with zero attached hydrogens (tertiary/aromatic N) is 1. The van der Waals surface area contributed by atoms with Crippen molar-refractivity contribution in [2.24, 2.45) is 0 Å². The number of hydrogen-bond acceptors (Lipinski definition) is 2. The molecule has 0 aliphatic heterocycles. The third-order valence-corrected chi connectivity index (χ3v) is 4.40. The average molecular weight is 361 g/mol. The lowest BCUT2D eigenvalue weighted by molar-refractivity contribution is -0.116. The molecule has 0 bridgehead atoms. The van der Waals surface area contributed by atoms with Gasteiger partial charge in [0.1, 0.15) is 6.54 Å². The van der Waals surface area contributed by atoms with E-state index in [-0.39, 0.29) is 18.5 Å². The first-order valence-corrected chi connectivity index (χ1v) is 8.95. The second-order valence-electron chi connectivity index (χ2n) is 6.41. The number of aryl methyl sites for hydroxylation is 1. The molecule has 3 amide bonds. The van der Waals surface area contributed by atoms with Crippen LogP contribution in [-0.4, -0.2) is 30.4 Å². The molecule has 0 heterocycles. The highest BCUT2D eigenvalue weighted by molar-refractivity contribution is 5.98. The van der Waals surface area contributed by atoms with E-state index in [9.17, 15) is 9.59 Å². The van der Waals surface area contributed by atoms with Gasteiger partial charge in [-0.3, -0.25) is 4.79 Å². The van der Waals surface area contributed by atoms with Gasteiger partial charge in [-0.2, -0.15) is 0 Å². The Bertz CT molecular complexity index is 968. The van der Waals surface area contributed by atoms with Crippen LogP contribution in [0.25, 0.3) is 10.8 Å². The number of amides is 3. The summed E-state index contributed by atoms with van der Waals surface area (Å²) in [4.78, 5) is 26.0. The van der Waals surface area contributed by atoms with Gasteiger partial charge in [0.2, 0.25) is 5.91 Å². The lowest BCUT2D eigenvalue weighted by Gasteiger charge is -2.18. The molecule has 3 aromatic carbocycles. The quantitative estimate of drug-likeness (QED) is 0.703. The van der Waals surface area contributed by atoms with Crippen molar-refractivity contribution in [2.75, 3.05) is 24.2 Å². The number of nitrogens with one attached hydrogen (secondary N) is 2. The first-order chi connectivity index (χ1) is 13.1. The van der Waals surface area contributed by atoms with E-state index in [4.69, 9.17) is 0 Å². The maximum atomic E-state index is 12.4. The van der Waals surface area contributed by atoms with Gasteiger partial charge in [0.15, 0.2) is 0 Å². The second-order valence-corrected chi connectivity index (χ2v) is 6.41. The number of rotatable bonds is 5. The van der Waals surface area contributed by atoms with E-state index in [1.807, 2.05) is 73.7 Å². The first-order valence-electron chi connectivity index (χ1n) is 8.95. The summed E-state index contributed by atoms with van der Waals surface area (Å²) >= 11 is 0. The summed E-state index contributed by atoms with van der Waals surface area (Å²) in [5.74, 6) is -0.230. The molecule has 0 spiro atoms. The van der Waals surface area contributed by atoms with E-state index >= 15 is 0 Å². The smallest absolute Gasteiger partial charge is 0.322 e. The van der Waals surface area contributed by atoms with Crippen molar-refractivity contribution in [3.63, 3.8) is 0 Å². The average Bonchev–Trinajstić information content (AvgIpc) is 2.68. The molecule has 27 heavy (non-hydrogen) atoms. The van der Waals surface area contributed by atoms with Crippen molar-refractivity contribution in [1.82, 2.24) is 4.90 Å². The highest BCUT2D eigenvalue weighted by Crippen LogP contribution is 2.19. The number of anilines is 2.